The van der Waals surface area contributed by atoms with Gasteiger partial charge in [0.1, 0.15) is 0 Å². The van der Waals surface area contributed by atoms with E-state index in [-0.39, 0.29) is 16.8 Å². The molecule has 70 valence electrons. The predicted octanol–water partition coefficient (Wildman–Crippen LogP) is -0.480. The molecule has 0 atom stereocenters. The van der Waals surface area contributed by atoms with Crippen LogP contribution in [0.1, 0.15) is 0 Å². The number of hydrogen-bond acceptors (Lipinski definition) is 4. The lowest BCUT2D eigenvalue weighted by atomic mass is 10.3. The Morgan fingerprint density at radius 1 is 1.21 bits per heavy atom. The quantitative estimate of drug-likeness (QED) is 0.635. The van der Waals surface area contributed by atoms with Crippen molar-refractivity contribution in [3.05, 3.63) is 45.5 Å². The van der Waals surface area contributed by atoms with E-state index in [0.717, 1.165) is 6.20 Å². The van der Waals surface area contributed by atoms with Crippen LogP contribution in [0.25, 0.3) is 11.4 Å². The maximum Gasteiger partial charge on any atom is 0.276 e. The highest BCUT2D eigenvalue weighted by atomic mass is 16.1. The summed E-state index contributed by atoms with van der Waals surface area (Å²) in [6.45, 7) is 0. The van der Waals surface area contributed by atoms with Crippen molar-refractivity contribution in [2.24, 2.45) is 0 Å². The molecule has 0 saturated heterocycles. The second kappa shape index (κ2) is 3.25. The molecule has 0 aliphatic carbocycles. The van der Waals surface area contributed by atoms with E-state index in [1.807, 2.05) is 0 Å². The maximum absolute atomic E-state index is 11.3. The molecule has 0 unspecified atom stereocenters. The van der Waals surface area contributed by atoms with Gasteiger partial charge in [0.05, 0.1) is 18.1 Å². The summed E-state index contributed by atoms with van der Waals surface area (Å²) in [5, 5.41) is 0. The standard InChI is InChI=1S/C8H6N4O2/c13-6-4-9-3-5(12-6)7-8(14)11-2-1-10-7/h1-4H,(H,11,14)(H,12,13). The molecule has 0 spiro atoms. The summed E-state index contributed by atoms with van der Waals surface area (Å²) in [6, 6.07) is 0. The van der Waals surface area contributed by atoms with E-state index in [1.54, 1.807) is 0 Å². The fourth-order valence-corrected chi connectivity index (χ4v) is 1.04. The van der Waals surface area contributed by atoms with Crippen LogP contribution in [0.15, 0.2) is 34.4 Å². The molecule has 2 aromatic rings. The Morgan fingerprint density at radius 2 is 2.07 bits per heavy atom. The third-order valence-electron chi connectivity index (χ3n) is 1.62. The Kier molecular flexibility index (Phi) is 1.94. The van der Waals surface area contributed by atoms with Gasteiger partial charge < -0.3 is 9.97 Å². The highest BCUT2D eigenvalue weighted by Gasteiger charge is 2.04. The molecule has 0 aliphatic rings. The van der Waals surface area contributed by atoms with Gasteiger partial charge in [-0.25, -0.2) is 4.98 Å². The number of aromatic nitrogens is 4. The summed E-state index contributed by atoms with van der Waals surface area (Å²) < 4.78 is 0. The average Bonchev–Trinajstić information content (AvgIpc) is 2.18. The molecule has 14 heavy (non-hydrogen) atoms. The third kappa shape index (κ3) is 1.45. The normalized spacial score (nSPS) is 10.0. The monoisotopic (exact) mass is 190 g/mol. The number of aromatic amines is 2. The lowest BCUT2D eigenvalue weighted by Crippen LogP contribution is -2.14. The first-order valence-electron chi connectivity index (χ1n) is 3.86. The molecule has 6 heteroatoms. The first kappa shape index (κ1) is 8.36. The number of H-pyrrole nitrogens is 2. The van der Waals surface area contributed by atoms with Gasteiger partial charge in [-0.15, -0.1) is 0 Å². The molecular formula is C8H6N4O2. The Balaban J connectivity index is 2.67. The van der Waals surface area contributed by atoms with Crippen LogP contribution in [0.4, 0.5) is 0 Å². The van der Waals surface area contributed by atoms with Crippen molar-refractivity contribution in [1.82, 2.24) is 19.9 Å². The molecule has 0 radical (unpaired) electrons. The molecular weight excluding hydrogens is 184 g/mol. The van der Waals surface area contributed by atoms with E-state index in [0.29, 0.717) is 5.69 Å². The van der Waals surface area contributed by atoms with Gasteiger partial charge >= 0.3 is 0 Å². The van der Waals surface area contributed by atoms with E-state index >= 15 is 0 Å². The zero-order valence-corrected chi connectivity index (χ0v) is 7.02. The molecule has 0 aromatic carbocycles. The molecule has 0 fully saturated rings. The number of nitrogens with one attached hydrogen (secondary N) is 2. The highest BCUT2D eigenvalue weighted by molar-refractivity contribution is 5.49. The summed E-state index contributed by atoms with van der Waals surface area (Å²) in [6.07, 6.45) is 5.35. The van der Waals surface area contributed by atoms with Gasteiger partial charge in [-0.2, -0.15) is 0 Å². The molecule has 2 heterocycles. The average molecular weight is 190 g/mol. The molecule has 0 saturated carbocycles. The van der Waals surface area contributed by atoms with E-state index in [2.05, 4.69) is 19.9 Å². The second-order valence-corrected chi connectivity index (χ2v) is 2.58. The lowest BCUT2D eigenvalue weighted by molar-refractivity contribution is 1.08. The summed E-state index contributed by atoms with van der Waals surface area (Å²) in [5.74, 6) is 0. The van der Waals surface area contributed by atoms with Crippen LogP contribution in [-0.4, -0.2) is 19.9 Å². The van der Waals surface area contributed by atoms with Crippen molar-refractivity contribution < 1.29 is 0 Å². The van der Waals surface area contributed by atoms with Crippen LogP contribution in [-0.2, 0) is 0 Å². The Bertz CT molecular complexity index is 557. The van der Waals surface area contributed by atoms with Crippen molar-refractivity contribution in [2.75, 3.05) is 0 Å². The van der Waals surface area contributed by atoms with Gasteiger partial charge in [0.15, 0.2) is 5.69 Å². The van der Waals surface area contributed by atoms with Crippen LogP contribution in [0, 0.1) is 0 Å². The number of hydrogen-bond donors (Lipinski definition) is 2. The van der Waals surface area contributed by atoms with Gasteiger partial charge in [-0.05, 0) is 0 Å². The smallest absolute Gasteiger partial charge is 0.276 e. The zero-order chi connectivity index (χ0) is 9.97. The lowest BCUT2D eigenvalue weighted by Gasteiger charge is -1.96. The third-order valence-corrected chi connectivity index (χ3v) is 1.62. The molecule has 0 bridgehead atoms. The predicted molar refractivity (Wildman–Crippen MR) is 48.7 cm³/mol. The number of rotatable bonds is 1. The van der Waals surface area contributed by atoms with Crippen molar-refractivity contribution in [2.45, 2.75) is 0 Å². The summed E-state index contributed by atoms with van der Waals surface area (Å²) in [5.41, 5.74) is -0.277. The van der Waals surface area contributed by atoms with Crippen LogP contribution in [0.5, 0.6) is 0 Å². The van der Waals surface area contributed by atoms with E-state index in [9.17, 15) is 9.59 Å². The highest BCUT2D eigenvalue weighted by Crippen LogP contribution is 2.02. The van der Waals surface area contributed by atoms with Crippen LogP contribution in [0.3, 0.4) is 0 Å². The van der Waals surface area contributed by atoms with Gasteiger partial charge in [0.25, 0.3) is 11.1 Å². The van der Waals surface area contributed by atoms with Crippen molar-refractivity contribution >= 4 is 0 Å². The molecule has 2 rings (SSSR count). The molecule has 2 aromatic heterocycles. The fourth-order valence-electron chi connectivity index (χ4n) is 1.04. The Morgan fingerprint density at radius 3 is 2.79 bits per heavy atom. The van der Waals surface area contributed by atoms with Crippen molar-refractivity contribution in [3.8, 4) is 11.4 Å². The van der Waals surface area contributed by atoms with Gasteiger partial charge in [0.2, 0.25) is 0 Å². The SMILES string of the molecule is O=c1cncc(-c2ncc[nH]c2=O)[nH]1. The fraction of sp³-hybridized carbons (Fsp3) is 0. The van der Waals surface area contributed by atoms with E-state index < -0.39 is 0 Å². The largest absolute Gasteiger partial charge is 0.326 e. The van der Waals surface area contributed by atoms with Gasteiger partial charge in [-0.3, -0.25) is 14.6 Å². The first-order valence-corrected chi connectivity index (χ1v) is 3.86. The minimum atomic E-state index is -0.368. The minimum Gasteiger partial charge on any atom is -0.326 e. The maximum atomic E-state index is 11.3. The minimum absolute atomic E-state index is 0.151. The molecule has 0 amide bonds. The topological polar surface area (TPSA) is 91.5 Å². The first-order chi connectivity index (χ1) is 6.77. The van der Waals surface area contributed by atoms with Crippen molar-refractivity contribution in [1.29, 1.82) is 0 Å². The summed E-state index contributed by atoms with van der Waals surface area (Å²) in [7, 11) is 0. The Hall–Kier alpha value is -2.24. The zero-order valence-electron chi connectivity index (χ0n) is 7.02. The van der Waals surface area contributed by atoms with Crippen molar-refractivity contribution in [3.63, 3.8) is 0 Å². The second-order valence-electron chi connectivity index (χ2n) is 2.58. The molecule has 0 aliphatic heterocycles. The van der Waals surface area contributed by atoms with Gasteiger partial charge in [0, 0.05) is 12.4 Å². The Labute approximate surface area is 77.7 Å². The van der Waals surface area contributed by atoms with Crippen LogP contribution in [0.2, 0.25) is 0 Å². The number of nitrogens with zero attached hydrogens (tertiary/aromatic N) is 2. The summed E-state index contributed by atoms with van der Waals surface area (Å²) >= 11 is 0. The van der Waals surface area contributed by atoms with E-state index in [4.69, 9.17) is 0 Å². The van der Waals surface area contributed by atoms with Crippen LogP contribution < -0.4 is 11.1 Å². The van der Waals surface area contributed by atoms with Crippen LogP contribution >= 0.6 is 0 Å². The van der Waals surface area contributed by atoms with E-state index in [1.165, 1.54) is 18.6 Å². The summed E-state index contributed by atoms with van der Waals surface area (Å²) in [4.78, 5) is 34.6. The molecule has 6 nitrogen and oxygen atoms in total. The van der Waals surface area contributed by atoms with Gasteiger partial charge in [-0.1, -0.05) is 0 Å². The molecule has 2 N–H and O–H groups in total.